The minimum Gasteiger partial charge on any atom is -0.365 e. The van der Waals surface area contributed by atoms with E-state index in [1.54, 1.807) is 0 Å². The van der Waals surface area contributed by atoms with Gasteiger partial charge in [-0.25, -0.2) is 0 Å². The van der Waals surface area contributed by atoms with E-state index in [1.165, 1.54) is 33.3 Å². The lowest BCUT2D eigenvalue weighted by Crippen LogP contribution is -2.12. The van der Waals surface area contributed by atoms with Gasteiger partial charge in [0.05, 0.1) is 0 Å². The van der Waals surface area contributed by atoms with Crippen LogP contribution in [0.1, 0.15) is 91.7 Å². The molecule has 0 aliphatic heterocycles. The molecule has 1 aliphatic rings. The van der Waals surface area contributed by atoms with E-state index >= 15 is 0 Å². The molecule has 1 saturated carbocycles. The van der Waals surface area contributed by atoms with E-state index in [0.29, 0.717) is 11.8 Å². The Balaban J connectivity index is 2.59. The highest BCUT2D eigenvalue weighted by Gasteiger charge is 2.43. The van der Waals surface area contributed by atoms with Gasteiger partial charge in [0, 0.05) is 5.69 Å². The molecule has 1 nitrogen and oxygen atoms in total. The van der Waals surface area contributed by atoms with Gasteiger partial charge in [-0.3, -0.25) is 0 Å². The Hall–Kier alpha value is -1.20. The highest BCUT2D eigenvalue weighted by Crippen LogP contribution is 2.56. The van der Waals surface area contributed by atoms with Crippen molar-refractivity contribution >= 4 is 18.0 Å². The molecule has 0 aromatic heterocycles. The fraction of sp³-hybridized carbons (Fsp3) is 0.593. The van der Waals surface area contributed by atoms with E-state index in [2.05, 4.69) is 112 Å². The van der Waals surface area contributed by atoms with Crippen molar-refractivity contribution in [3.05, 3.63) is 53.1 Å². The van der Waals surface area contributed by atoms with Gasteiger partial charge in [-0.15, -0.1) is 0 Å². The zero-order valence-corrected chi connectivity index (χ0v) is 21.7. The topological polar surface area (TPSA) is 12.0 Å². The predicted molar refractivity (Wildman–Crippen MR) is 137 cm³/mol. The van der Waals surface area contributed by atoms with Gasteiger partial charge in [0.15, 0.2) is 0 Å². The van der Waals surface area contributed by atoms with Gasteiger partial charge in [0.1, 0.15) is 0 Å². The number of hydrogen-bond acceptors (Lipinski definition) is 1. The molecule has 29 heavy (non-hydrogen) atoms. The molecule has 1 N–H and O–H groups in total. The van der Waals surface area contributed by atoms with Crippen LogP contribution in [0.5, 0.6) is 0 Å². The van der Waals surface area contributed by atoms with Crippen molar-refractivity contribution in [1.82, 2.24) is 0 Å². The van der Waals surface area contributed by atoms with Crippen LogP contribution in [0.15, 0.2) is 42.0 Å². The van der Waals surface area contributed by atoms with Gasteiger partial charge in [0.2, 0.25) is 0 Å². The van der Waals surface area contributed by atoms with Crippen LogP contribution in [0.3, 0.4) is 0 Å². The summed E-state index contributed by atoms with van der Waals surface area (Å²) in [5, 5.41) is 5.52. The molecule has 1 aromatic rings. The molecule has 0 radical (unpaired) electrons. The molecule has 0 atom stereocenters. The minimum absolute atomic E-state index is 0.181. The molecule has 0 bridgehead atoms. The van der Waals surface area contributed by atoms with Crippen LogP contribution in [0.4, 0.5) is 5.69 Å². The summed E-state index contributed by atoms with van der Waals surface area (Å²) in [7, 11) is -1.52. The van der Waals surface area contributed by atoms with E-state index in [4.69, 9.17) is 0 Å². The molecular formula is C27H44NP. The Labute approximate surface area is 181 Å². The third kappa shape index (κ3) is 4.93. The first-order valence-corrected chi connectivity index (χ1v) is 13.8. The second kappa shape index (κ2) is 8.14. The van der Waals surface area contributed by atoms with Gasteiger partial charge < -0.3 is 5.09 Å². The van der Waals surface area contributed by atoms with E-state index < -0.39 is 7.04 Å². The SMILES string of the molecule is C=C1/C(=C\C(C)=P(C)(C)Nc2c(C(C)C)cccc2C(C)C)C(C)(C)CC1(C)C. The largest absolute Gasteiger partial charge is 0.365 e. The number of anilines is 1. The normalized spacial score (nSPS) is 20.0. The first kappa shape index (κ1) is 24.1. The molecule has 1 aromatic carbocycles. The Morgan fingerprint density at radius 3 is 1.86 bits per heavy atom. The summed E-state index contributed by atoms with van der Waals surface area (Å²) in [6.07, 6.45) is 3.63. The van der Waals surface area contributed by atoms with Crippen LogP contribution in [0, 0.1) is 10.8 Å². The molecular weight excluding hydrogens is 369 g/mol. The Kier molecular flexibility index (Phi) is 6.76. The van der Waals surface area contributed by atoms with Gasteiger partial charge in [0.25, 0.3) is 0 Å². The standard InChI is InChI=1S/C27H44NP/c1-18(2)22-14-13-15-23(19(3)4)25(22)28-29(11,12)20(5)16-24-21(6)26(7,8)17-27(24,9)10/h13-16,18-19,28H,6,17H2,1-5,7-12H3/b24-16+. The molecule has 0 spiro atoms. The van der Waals surface area contributed by atoms with Crippen LogP contribution in [0.25, 0.3) is 0 Å². The fourth-order valence-electron chi connectivity index (χ4n) is 4.78. The quantitative estimate of drug-likeness (QED) is 0.476. The second-order valence-corrected chi connectivity index (χ2v) is 15.1. The van der Waals surface area contributed by atoms with Crippen LogP contribution < -0.4 is 5.09 Å². The third-order valence-corrected chi connectivity index (χ3v) is 9.43. The van der Waals surface area contributed by atoms with Crippen LogP contribution in [-0.2, 0) is 0 Å². The molecule has 162 valence electrons. The molecule has 2 rings (SSSR count). The number of allylic oxidation sites excluding steroid dienone is 3. The van der Waals surface area contributed by atoms with E-state index in [0.717, 1.165) is 6.42 Å². The van der Waals surface area contributed by atoms with Crippen molar-refractivity contribution in [3.8, 4) is 0 Å². The lowest BCUT2D eigenvalue weighted by atomic mass is 9.83. The van der Waals surface area contributed by atoms with Crippen molar-refractivity contribution in [3.63, 3.8) is 0 Å². The van der Waals surface area contributed by atoms with Crippen molar-refractivity contribution in [2.45, 2.75) is 80.6 Å². The van der Waals surface area contributed by atoms with Gasteiger partial charge in [-0.1, -0.05) is 86.2 Å². The summed E-state index contributed by atoms with van der Waals surface area (Å²) >= 11 is 0. The molecule has 0 saturated heterocycles. The molecule has 0 unspecified atom stereocenters. The highest BCUT2D eigenvalue weighted by molar-refractivity contribution is 7.76. The zero-order valence-electron chi connectivity index (χ0n) is 20.8. The molecule has 2 heteroatoms. The van der Waals surface area contributed by atoms with Crippen molar-refractivity contribution in [2.75, 3.05) is 18.4 Å². The zero-order chi connectivity index (χ0) is 22.4. The minimum atomic E-state index is -1.52. The average Bonchev–Trinajstić information content (AvgIpc) is 2.71. The summed E-state index contributed by atoms with van der Waals surface area (Å²) in [6, 6.07) is 6.79. The molecule has 0 amide bonds. The van der Waals surface area contributed by atoms with E-state index in [9.17, 15) is 0 Å². The smallest absolute Gasteiger partial charge is 0.0442 e. The lowest BCUT2D eigenvalue weighted by Gasteiger charge is -2.29. The third-order valence-electron chi connectivity index (χ3n) is 6.75. The molecule has 0 heterocycles. The van der Waals surface area contributed by atoms with Crippen LogP contribution in [-0.4, -0.2) is 18.6 Å². The number of rotatable bonds is 5. The maximum atomic E-state index is 4.49. The van der Waals surface area contributed by atoms with Crippen LogP contribution >= 0.6 is 7.04 Å². The number of para-hydroxylation sites is 1. The van der Waals surface area contributed by atoms with Gasteiger partial charge >= 0.3 is 0 Å². The van der Waals surface area contributed by atoms with Gasteiger partial charge in [-0.2, -0.15) is 0 Å². The molecule has 1 fully saturated rings. The predicted octanol–water partition coefficient (Wildman–Crippen LogP) is 8.67. The van der Waals surface area contributed by atoms with Crippen molar-refractivity contribution in [1.29, 1.82) is 0 Å². The highest BCUT2D eigenvalue weighted by atomic mass is 31.2. The average molecular weight is 414 g/mol. The monoisotopic (exact) mass is 413 g/mol. The fourth-order valence-corrected chi connectivity index (χ4v) is 6.23. The summed E-state index contributed by atoms with van der Waals surface area (Å²) in [6.45, 7) is 30.2. The lowest BCUT2D eigenvalue weighted by molar-refractivity contribution is 0.339. The maximum absolute atomic E-state index is 4.49. The van der Waals surface area contributed by atoms with Crippen molar-refractivity contribution < 1.29 is 0 Å². The number of nitrogens with one attached hydrogen (secondary N) is 1. The summed E-state index contributed by atoms with van der Waals surface area (Å²) in [5.41, 5.74) is 7.33. The van der Waals surface area contributed by atoms with E-state index in [1.807, 2.05) is 0 Å². The Bertz CT molecular complexity index is 846. The summed E-state index contributed by atoms with van der Waals surface area (Å²) in [4.78, 5) is 0. The van der Waals surface area contributed by atoms with E-state index in [-0.39, 0.29) is 10.8 Å². The Morgan fingerprint density at radius 2 is 1.48 bits per heavy atom. The first-order valence-electron chi connectivity index (χ1n) is 11.1. The molecule has 1 aliphatic carbocycles. The van der Waals surface area contributed by atoms with Crippen LogP contribution in [0.2, 0.25) is 0 Å². The second-order valence-electron chi connectivity index (χ2n) is 11.3. The number of benzene rings is 1. The summed E-state index contributed by atoms with van der Waals surface area (Å²) in [5.74, 6) is 1.01. The summed E-state index contributed by atoms with van der Waals surface area (Å²) < 4.78 is 0. The Morgan fingerprint density at radius 1 is 1.00 bits per heavy atom. The van der Waals surface area contributed by atoms with Crippen molar-refractivity contribution in [2.24, 2.45) is 10.8 Å². The number of hydrogen-bond donors (Lipinski definition) is 1. The first-order chi connectivity index (χ1) is 13.1. The maximum Gasteiger partial charge on any atom is 0.0442 e. The van der Waals surface area contributed by atoms with Gasteiger partial charge in [-0.05, 0) is 83.9 Å².